The Bertz CT molecular complexity index is 373. The third-order valence-corrected chi connectivity index (χ3v) is 2.93. The van der Waals surface area contributed by atoms with Gasteiger partial charge in [-0.2, -0.15) is 0 Å². The summed E-state index contributed by atoms with van der Waals surface area (Å²) in [6.07, 6.45) is -4.04. The highest BCUT2D eigenvalue weighted by atomic mass is 16.6. The molecule has 0 bridgehead atoms. The second-order valence-corrected chi connectivity index (χ2v) is 4.09. The zero-order valence-corrected chi connectivity index (χ0v) is 9.10. The van der Waals surface area contributed by atoms with Crippen molar-refractivity contribution in [2.45, 2.75) is 24.0 Å². The lowest BCUT2D eigenvalue weighted by Crippen LogP contribution is -2.57. The van der Waals surface area contributed by atoms with Gasteiger partial charge < -0.3 is 25.2 Å². The third kappa shape index (κ3) is 2.22. The zero-order chi connectivity index (χ0) is 12.5. The topological polar surface area (TPSA) is 90.2 Å². The van der Waals surface area contributed by atoms with Crippen LogP contribution in [0.3, 0.4) is 0 Å². The second-order valence-electron chi connectivity index (χ2n) is 4.09. The van der Waals surface area contributed by atoms with Gasteiger partial charge in [-0.1, -0.05) is 35.8 Å². The minimum atomic E-state index is -1.80. The van der Waals surface area contributed by atoms with Crippen LogP contribution >= 0.6 is 0 Å². The summed E-state index contributed by atoms with van der Waals surface area (Å²) in [4.78, 5) is 0. The molecule has 0 spiro atoms. The lowest BCUT2D eigenvalue weighted by Gasteiger charge is -2.29. The van der Waals surface area contributed by atoms with E-state index in [9.17, 15) is 15.3 Å². The average Bonchev–Trinajstić information content (AvgIpc) is 2.55. The van der Waals surface area contributed by atoms with Crippen molar-refractivity contribution in [2.24, 2.45) is 0 Å². The van der Waals surface area contributed by atoms with E-state index in [4.69, 9.17) is 9.84 Å². The second kappa shape index (κ2) is 4.76. The predicted octanol–water partition coefficient (Wildman–Crippen LogP) is -2.22. The molecule has 1 heterocycles. The summed E-state index contributed by atoms with van der Waals surface area (Å²) in [5.41, 5.74) is -1.12. The molecule has 2 rings (SSSR count). The van der Waals surface area contributed by atoms with Gasteiger partial charge >= 0.3 is 0 Å². The van der Waals surface area contributed by atoms with Crippen LogP contribution in [0.15, 0.2) is 30.3 Å². The van der Waals surface area contributed by atoms with Crippen molar-refractivity contribution in [3.63, 3.8) is 0 Å². The smallest absolute Gasteiger partial charge is 0.201 e. The Balaban J connectivity index is 2.22. The molecule has 1 aliphatic heterocycles. The van der Waals surface area contributed by atoms with E-state index in [1.54, 1.807) is 24.3 Å². The number of ether oxygens (including phenoxy) is 1. The fraction of sp³-hybridized carbons (Fsp3) is 0.455. The summed E-state index contributed by atoms with van der Waals surface area (Å²) >= 11 is 0. The standard InChI is InChI=1S/C11H14BO5/c13-6-8-11(16,9(14)10(15)17-8)12-7-4-2-1-3-5-7/h1-5,8-10,13-16H,6H2/t8-,9-,10+,11+/m1/s1. The molecular weight excluding hydrogens is 223 g/mol. The van der Waals surface area contributed by atoms with Crippen molar-refractivity contribution in [1.29, 1.82) is 0 Å². The zero-order valence-electron chi connectivity index (χ0n) is 9.10. The summed E-state index contributed by atoms with van der Waals surface area (Å²) in [5.74, 6) is 0. The third-order valence-electron chi connectivity index (χ3n) is 2.93. The Kier molecular flexibility index (Phi) is 3.51. The lowest BCUT2D eigenvalue weighted by atomic mass is 9.52. The molecule has 0 amide bonds. The SMILES string of the molecule is OC[C@H]1O[C@H](O)[C@@H](O)[C@]1(O)[B]c1ccccc1. The molecule has 4 atom stereocenters. The minimum Gasteiger partial charge on any atom is -0.394 e. The van der Waals surface area contributed by atoms with Crippen LogP contribution in [0.2, 0.25) is 0 Å². The van der Waals surface area contributed by atoms with Crippen molar-refractivity contribution in [1.82, 2.24) is 0 Å². The molecule has 1 aromatic carbocycles. The summed E-state index contributed by atoms with van der Waals surface area (Å²) < 4.78 is 4.88. The van der Waals surface area contributed by atoms with Crippen molar-refractivity contribution < 1.29 is 25.2 Å². The first-order valence-corrected chi connectivity index (χ1v) is 5.33. The normalized spacial score (nSPS) is 37.1. The van der Waals surface area contributed by atoms with Crippen LogP contribution in [0.25, 0.3) is 0 Å². The number of benzene rings is 1. The molecule has 4 N–H and O–H groups in total. The molecule has 0 aromatic heterocycles. The Labute approximate surface area is 99.5 Å². The van der Waals surface area contributed by atoms with Crippen molar-refractivity contribution in [3.05, 3.63) is 30.3 Å². The average molecular weight is 237 g/mol. The molecule has 6 heteroatoms. The summed E-state index contributed by atoms with van der Waals surface area (Å²) in [7, 11) is 1.38. The first-order chi connectivity index (χ1) is 8.08. The monoisotopic (exact) mass is 237 g/mol. The van der Waals surface area contributed by atoms with Crippen LogP contribution in [-0.4, -0.2) is 58.3 Å². The number of aliphatic hydroxyl groups excluding tert-OH is 3. The Morgan fingerprint density at radius 2 is 1.88 bits per heavy atom. The minimum absolute atomic E-state index is 0.492. The van der Waals surface area contributed by atoms with E-state index >= 15 is 0 Å². The maximum absolute atomic E-state index is 10.3. The molecule has 17 heavy (non-hydrogen) atoms. The van der Waals surface area contributed by atoms with Gasteiger partial charge in [0.2, 0.25) is 7.28 Å². The number of hydrogen-bond donors (Lipinski definition) is 4. The van der Waals surface area contributed by atoms with Crippen molar-refractivity contribution in [2.75, 3.05) is 6.61 Å². The van der Waals surface area contributed by atoms with E-state index in [2.05, 4.69) is 0 Å². The summed E-state index contributed by atoms with van der Waals surface area (Å²) in [6.45, 7) is -0.492. The molecule has 5 nitrogen and oxygen atoms in total. The summed E-state index contributed by atoms with van der Waals surface area (Å²) in [5, 5.41) is 38.4. The van der Waals surface area contributed by atoms with Gasteiger partial charge in [-0.25, -0.2) is 0 Å². The van der Waals surface area contributed by atoms with Crippen LogP contribution in [0.4, 0.5) is 0 Å². The predicted molar refractivity (Wildman–Crippen MR) is 60.8 cm³/mol. The Morgan fingerprint density at radius 3 is 2.47 bits per heavy atom. The molecule has 1 fully saturated rings. The number of hydrogen-bond acceptors (Lipinski definition) is 5. The summed E-state index contributed by atoms with van der Waals surface area (Å²) in [6, 6.07) is 8.86. The van der Waals surface area contributed by atoms with E-state index in [1.807, 2.05) is 6.07 Å². The van der Waals surface area contributed by atoms with Gasteiger partial charge in [0.1, 0.15) is 12.2 Å². The van der Waals surface area contributed by atoms with E-state index in [0.29, 0.717) is 5.46 Å². The van der Waals surface area contributed by atoms with Crippen LogP contribution in [0, 0.1) is 0 Å². The molecule has 0 saturated carbocycles. The lowest BCUT2D eigenvalue weighted by molar-refractivity contribution is -0.132. The quantitative estimate of drug-likeness (QED) is 0.447. The van der Waals surface area contributed by atoms with E-state index < -0.39 is 30.6 Å². The number of rotatable bonds is 3. The fourth-order valence-corrected chi connectivity index (χ4v) is 1.95. The molecule has 0 unspecified atom stereocenters. The largest absolute Gasteiger partial charge is 0.394 e. The van der Waals surface area contributed by atoms with Crippen LogP contribution in [-0.2, 0) is 4.74 Å². The van der Waals surface area contributed by atoms with Crippen molar-refractivity contribution in [3.8, 4) is 0 Å². The molecule has 0 aliphatic carbocycles. The molecule has 1 radical (unpaired) electrons. The van der Waals surface area contributed by atoms with Crippen LogP contribution < -0.4 is 5.46 Å². The van der Waals surface area contributed by atoms with Gasteiger partial charge in [-0.05, 0) is 0 Å². The van der Waals surface area contributed by atoms with E-state index in [0.717, 1.165) is 0 Å². The number of aliphatic hydroxyl groups is 4. The van der Waals surface area contributed by atoms with Crippen molar-refractivity contribution >= 4 is 12.7 Å². The highest BCUT2D eigenvalue weighted by molar-refractivity contribution is 6.57. The Morgan fingerprint density at radius 1 is 1.24 bits per heavy atom. The van der Waals surface area contributed by atoms with Gasteiger partial charge in [0, 0.05) is 0 Å². The Hall–Kier alpha value is -0.915. The molecule has 1 saturated heterocycles. The van der Waals surface area contributed by atoms with E-state index in [-0.39, 0.29) is 0 Å². The molecule has 1 aliphatic rings. The van der Waals surface area contributed by atoms with Crippen LogP contribution in [0.5, 0.6) is 0 Å². The maximum atomic E-state index is 10.3. The van der Waals surface area contributed by atoms with Gasteiger partial charge in [0.15, 0.2) is 6.29 Å². The van der Waals surface area contributed by atoms with Gasteiger partial charge in [0.05, 0.1) is 12.1 Å². The fourth-order valence-electron chi connectivity index (χ4n) is 1.95. The van der Waals surface area contributed by atoms with Gasteiger partial charge in [-0.3, -0.25) is 0 Å². The first-order valence-electron chi connectivity index (χ1n) is 5.33. The maximum Gasteiger partial charge on any atom is 0.201 e. The first kappa shape index (κ1) is 12.5. The highest BCUT2D eigenvalue weighted by Gasteiger charge is 2.54. The highest BCUT2D eigenvalue weighted by Crippen LogP contribution is 2.29. The van der Waals surface area contributed by atoms with E-state index in [1.165, 1.54) is 7.28 Å². The van der Waals surface area contributed by atoms with Gasteiger partial charge in [0.25, 0.3) is 0 Å². The van der Waals surface area contributed by atoms with Gasteiger partial charge in [-0.15, -0.1) is 0 Å². The molecule has 1 aromatic rings. The van der Waals surface area contributed by atoms with Crippen LogP contribution in [0.1, 0.15) is 0 Å². The molecule has 91 valence electrons. The molecular formula is C11H14BO5.